The van der Waals surface area contributed by atoms with Crippen molar-refractivity contribution in [3.8, 4) is 0 Å². The second-order valence-corrected chi connectivity index (χ2v) is 14.4. The van der Waals surface area contributed by atoms with Gasteiger partial charge in [0.2, 0.25) is 0 Å². The molecule has 248 valence electrons. The molecule has 2 heterocycles. The molecule has 1 saturated heterocycles. The van der Waals surface area contributed by atoms with Gasteiger partial charge in [0.15, 0.2) is 6.21 Å². The van der Waals surface area contributed by atoms with Crippen molar-refractivity contribution in [1.29, 1.82) is 0 Å². The normalized spacial score (nSPS) is 30.1. The summed E-state index contributed by atoms with van der Waals surface area (Å²) in [7, 11) is 1.64. The van der Waals surface area contributed by atoms with Gasteiger partial charge in [-0.15, -0.1) is 4.99 Å². The number of methoxy groups -OCH3 is 1. The molecular formula is C36H60N3O5+. The Morgan fingerprint density at radius 2 is 1.98 bits per heavy atom. The number of Topliss-reactive ketones (excluding diaryl/α,β-unsaturated/α-hetero) is 1. The van der Waals surface area contributed by atoms with E-state index in [1.807, 2.05) is 0 Å². The van der Waals surface area contributed by atoms with Gasteiger partial charge < -0.3 is 25.6 Å². The number of ketones is 1. The number of hydrogen-bond donors (Lipinski definition) is 3. The van der Waals surface area contributed by atoms with Gasteiger partial charge in [0, 0.05) is 39.7 Å². The molecule has 0 spiro atoms. The standard InChI is InChI=1S/C36H60N3O5/c1-4-26(9-12-32(44-25(2)40)21-31(41)11-8-27-10-13-33(42)34(19-27)43-3)18-28-23-38-24-29(28)22-36(15-6-5-7-16-36)30-14-17-39-35(37)20-30/h23-24,26-27,30,32-35,39,42H,4-22,37H2,1-3H3/q+1. The monoisotopic (exact) mass is 614 g/mol. The molecule has 8 nitrogen and oxygen atoms in total. The number of nitrogens with two attached hydrogens (primary N) is 1. The van der Waals surface area contributed by atoms with E-state index < -0.39 is 6.10 Å². The molecule has 0 aromatic carbocycles. The van der Waals surface area contributed by atoms with Crippen LogP contribution in [-0.2, 0) is 19.1 Å². The fourth-order valence-electron chi connectivity index (χ4n) is 8.65. The zero-order valence-electron chi connectivity index (χ0n) is 27.7. The number of rotatable bonds is 16. The number of carbonyl (C=O) groups is 2. The third kappa shape index (κ3) is 10.1. The molecule has 8 heteroatoms. The zero-order chi connectivity index (χ0) is 31.5. The van der Waals surface area contributed by atoms with Crippen molar-refractivity contribution in [1.82, 2.24) is 5.32 Å². The van der Waals surface area contributed by atoms with Crippen LogP contribution in [0.1, 0.15) is 129 Å². The molecule has 4 rings (SSSR count). The van der Waals surface area contributed by atoms with E-state index in [4.69, 9.17) is 15.2 Å². The molecule has 7 atom stereocenters. The average molecular weight is 615 g/mol. The van der Waals surface area contributed by atoms with Crippen molar-refractivity contribution in [3.63, 3.8) is 0 Å². The number of esters is 1. The largest absolute Gasteiger partial charge is 0.462 e. The topological polar surface area (TPSA) is 123 Å². The highest BCUT2D eigenvalue weighted by Gasteiger charge is 2.44. The Hall–Kier alpha value is -1.74. The maximum absolute atomic E-state index is 13.0. The summed E-state index contributed by atoms with van der Waals surface area (Å²) in [4.78, 5) is 29.6. The Balaban J connectivity index is 1.31. The van der Waals surface area contributed by atoms with E-state index >= 15 is 0 Å². The molecule has 0 radical (unpaired) electrons. The molecule has 4 aliphatic rings. The molecule has 2 aliphatic heterocycles. The quantitative estimate of drug-likeness (QED) is 0.140. The van der Waals surface area contributed by atoms with E-state index in [9.17, 15) is 14.7 Å². The minimum Gasteiger partial charge on any atom is -0.462 e. The summed E-state index contributed by atoms with van der Waals surface area (Å²) in [6, 6.07) is 0. The summed E-state index contributed by atoms with van der Waals surface area (Å²) in [6.07, 6.45) is 18.9. The van der Waals surface area contributed by atoms with Crippen LogP contribution in [0.5, 0.6) is 0 Å². The Morgan fingerprint density at radius 1 is 1.18 bits per heavy atom. The van der Waals surface area contributed by atoms with Crippen molar-refractivity contribution in [3.05, 3.63) is 17.7 Å². The number of nitrogens with one attached hydrogen (secondary N) is 1. The van der Waals surface area contributed by atoms with Crippen LogP contribution in [0, 0.1) is 29.7 Å². The summed E-state index contributed by atoms with van der Waals surface area (Å²) in [6.45, 7) is 6.77. The van der Waals surface area contributed by atoms with Gasteiger partial charge >= 0.3 is 5.97 Å². The second-order valence-electron chi connectivity index (χ2n) is 14.4. The molecule has 0 aromatic heterocycles. The molecule has 0 amide bonds. The number of ether oxygens (including phenoxy) is 2. The number of nitrogens with zero attached hydrogens (tertiary/aromatic N) is 1. The van der Waals surface area contributed by atoms with Crippen molar-refractivity contribution in [2.24, 2.45) is 33.9 Å². The summed E-state index contributed by atoms with van der Waals surface area (Å²) in [5.41, 5.74) is 9.48. The maximum atomic E-state index is 13.0. The lowest BCUT2D eigenvalue weighted by Crippen LogP contribution is -2.49. The molecule has 7 unspecified atom stereocenters. The van der Waals surface area contributed by atoms with Gasteiger partial charge in [-0.25, -0.2) is 0 Å². The zero-order valence-corrected chi connectivity index (χ0v) is 27.7. The fourth-order valence-corrected chi connectivity index (χ4v) is 8.65. The van der Waals surface area contributed by atoms with E-state index in [1.54, 1.807) is 7.11 Å². The predicted octanol–water partition coefficient (Wildman–Crippen LogP) is 6.20. The van der Waals surface area contributed by atoms with Gasteiger partial charge in [-0.05, 0) is 93.9 Å². The fraction of sp³-hybridized carbons (Fsp3) is 0.833. The van der Waals surface area contributed by atoms with E-state index in [-0.39, 0.29) is 36.5 Å². The Bertz CT molecular complexity index is 990. The number of hydrogen-bond acceptors (Lipinski definition) is 8. The molecule has 3 fully saturated rings. The lowest BCUT2D eigenvalue weighted by molar-refractivity contribution is -0.148. The Morgan fingerprint density at radius 3 is 2.68 bits per heavy atom. The number of aliphatic hydroxyl groups is 1. The minimum atomic E-state index is -0.409. The lowest BCUT2D eigenvalue weighted by Gasteiger charge is -2.46. The van der Waals surface area contributed by atoms with Crippen LogP contribution < -0.4 is 11.1 Å². The number of aliphatic hydroxyl groups excluding tert-OH is 1. The molecule has 4 N–H and O–H groups in total. The maximum Gasteiger partial charge on any atom is 0.302 e. The molecular weight excluding hydrogens is 554 g/mol. The third-order valence-electron chi connectivity index (χ3n) is 11.3. The summed E-state index contributed by atoms with van der Waals surface area (Å²) >= 11 is 0. The predicted molar refractivity (Wildman–Crippen MR) is 175 cm³/mol. The SMILES string of the molecule is CCC(CCC(CC(=O)CCC1CCC(O)C(OC)C1)OC(C)=O)CC1=C(CC2(C3CCNC(N)C3)CCCCC2)C=N[CH+]1. The van der Waals surface area contributed by atoms with Crippen molar-refractivity contribution >= 4 is 18.0 Å². The summed E-state index contributed by atoms with van der Waals surface area (Å²) in [5.74, 6) is 1.33. The third-order valence-corrected chi connectivity index (χ3v) is 11.3. The highest BCUT2D eigenvalue weighted by Crippen LogP contribution is 2.51. The van der Waals surface area contributed by atoms with Gasteiger partial charge in [0.05, 0.1) is 23.9 Å². The van der Waals surface area contributed by atoms with Crippen LogP contribution in [0.4, 0.5) is 0 Å². The van der Waals surface area contributed by atoms with E-state index in [1.165, 1.54) is 56.6 Å². The van der Waals surface area contributed by atoms with Crippen LogP contribution in [-0.4, -0.2) is 61.2 Å². The average Bonchev–Trinajstić information content (AvgIpc) is 3.44. The highest BCUT2D eigenvalue weighted by atomic mass is 16.5. The first-order valence-corrected chi connectivity index (χ1v) is 17.7. The molecule has 44 heavy (non-hydrogen) atoms. The van der Waals surface area contributed by atoms with Crippen LogP contribution in [0.2, 0.25) is 0 Å². The first-order valence-electron chi connectivity index (χ1n) is 17.7. The van der Waals surface area contributed by atoms with E-state index in [2.05, 4.69) is 30.0 Å². The molecule has 2 saturated carbocycles. The number of carbonyl (C=O) groups excluding carboxylic acids is 2. The second kappa shape index (κ2) is 17.3. The number of piperidine rings is 1. The van der Waals surface area contributed by atoms with E-state index in [0.717, 1.165) is 64.3 Å². The van der Waals surface area contributed by atoms with Crippen molar-refractivity contribution in [2.45, 2.75) is 154 Å². The van der Waals surface area contributed by atoms with Gasteiger partial charge in [0.1, 0.15) is 24.0 Å². The highest BCUT2D eigenvalue weighted by molar-refractivity contribution is 5.84. The van der Waals surface area contributed by atoms with Gasteiger partial charge in [0.25, 0.3) is 0 Å². The molecule has 2 aliphatic carbocycles. The van der Waals surface area contributed by atoms with Gasteiger partial charge in [-0.2, -0.15) is 0 Å². The van der Waals surface area contributed by atoms with E-state index in [0.29, 0.717) is 36.0 Å². The summed E-state index contributed by atoms with van der Waals surface area (Å²) < 4.78 is 11.1. The van der Waals surface area contributed by atoms with Crippen LogP contribution in [0.25, 0.3) is 0 Å². The number of allylic oxidation sites excluding steroid dienone is 1. The first-order chi connectivity index (χ1) is 21.2. The Kier molecular flexibility index (Phi) is 13.8. The number of aliphatic imine (C=N–C) groups is 1. The van der Waals surface area contributed by atoms with Crippen LogP contribution in [0.15, 0.2) is 16.1 Å². The lowest BCUT2D eigenvalue weighted by atomic mass is 9.60. The minimum absolute atomic E-state index is 0.107. The smallest absolute Gasteiger partial charge is 0.302 e. The first kappa shape index (κ1) is 35.1. The molecule has 0 aromatic rings. The van der Waals surface area contributed by atoms with Crippen molar-refractivity contribution < 1.29 is 24.2 Å². The van der Waals surface area contributed by atoms with Gasteiger partial charge in [-0.3, -0.25) is 9.59 Å². The van der Waals surface area contributed by atoms with Crippen LogP contribution in [0.3, 0.4) is 0 Å². The Labute approximate surface area is 266 Å². The molecule has 0 bridgehead atoms. The summed E-state index contributed by atoms with van der Waals surface area (Å²) in [5, 5.41) is 13.5. The van der Waals surface area contributed by atoms with Gasteiger partial charge in [-0.1, -0.05) is 32.6 Å². The van der Waals surface area contributed by atoms with Crippen molar-refractivity contribution in [2.75, 3.05) is 13.7 Å². The van der Waals surface area contributed by atoms with Crippen LogP contribution >= 0.6 is 0 Å².